The van der Waals surface area contributed by atoms with Gasteiger partial charge in [-0.05, 0) is 23.3 Å². The van der Waals surface area contributed by atoms with Crippen molar-refractivity contribution >= 4 is 11.0 Å². The highest BCUT2D eigenvalue weighted by Gasteiger charge is 2.06. The number of benzene rings is 2. The molecule has 0 saturated carbocycles. The van der Waals surface area contributed by atoms with Gasteiger partial charge in [-0.15, -0.1) is 5.11 Å². The number of nitrogens with zero attached hydrogens (tertiary/aromatic N) is 4. The lowest BCUT2D eigenvalue weighted by atomic mass is 10.1. The highest BCUT2D eigenvalue weighted by Crippen LogP contribution is 2.13. The number of hydrogen-bond donors (Lipinski definition) is 1. The number of H-pyrrole nitrogens is 1. The van der Waals surface area contributed by atoms with E-state index in [-0.39, 0.29) is 5.69 Å². The summed E-state index contributed by atoms with van der Waals surface area (Å²) in [6.07, 6.45) is 1.40. The summed E-state index contributed by atoms with van der Waals surface area (Å²) in [6, 6.07) is 15.8. The first-order valence-electron chi connectivity index (χ1n) is 7.65. The number of fused-ring (bicyclic) bond motifs is 1. The molecule has 2 aromatic carbocycles. The number of aromatic nitrogens is 2. The number of hydrogen-bond acceptors (Lipinski definition) is 3. The number of para-hydroxylation sites is 2. The van der Waals surface area contributed by atoms with Crippen molar-refractivity contribution in [2.75, 3.05) is 7.05 Å². The largest absolute Gasteiger partial charge is 0.326 e. The zero-order chi connectivity index (χ0) is 16.9. The van der Waals surface area contributed by atoms with Crippen molar-refractivity contribution in [3.8, 4) is 0 Å². The molecule has 0 atom stereocenters. The van der Waals surface area contributed by atoms with Crippen LogP contribution in [-0.2, 0) is 13.1 Å². The SMILES string of the molecule is C=CN=NN(C)Cc1ccc(Cn2c(=O)[nH]c3ccccc32)cc1. The molecule has 0 unspecified atom stereocenters. The minimum Gasteiger partial charge on any atom is -0.306 e. The fourth-order valence-electron chi connectivity index (χ4n) is 2.62. The topological polar surface area (TPSA) is 65.8 Å². The van der Waals surface area contributed by atoms with Crippen LogP contribution in [0.25, 0.3) is 11.0 Å². The maximum Gasteiger partial charge on any atom is 0.326 e. The Bertz CT molecular complexity index is 920. The number of rotatable bonds is 6. The third kappa shape index (κ3) is 3.43. The van der Waals surface area contributed by atoms with Gasteiger partial charge in [0, 0.05) is 13.2 Å². The molecule has 0 bridgehead atoms. The monoisotopic (exact) mass is 321 g/mol. The van der Waals surface area contributed by atoms with Crippen LogP contribution in [0.15, 0.2) is 76.4 Å². The molecule has 1 heterocycles. The van der Waals surface area contributed by atoms with E-state index in [1.54, 1.807) is 9.58 Å². The van der Waals surface area contributed by atoms with E-state index in [1.165, 1.54) is 6.20 Å². The zero-order valence-corrected chi connectivity index (χ0v) is 13.5. The summed E-state index contributed by atoms with van der Waals surface area (Å²) in [5.74, 6) is 0. The molecule has 0 fully saturated rings. The van der Waals surface area contributed by atoms with Gasteiger partial charge in [0.1, 0.15) is 0 Å². The highest BCUT2D eigenvalue weighted by molar-refractivity contribution is 5.75. The van der Waals surface area contributed by atoms with Crippen molar-refractivity contribution in [1.29, 1.82) is 0 Å². The minimum absolute atomic E-state index is 0.0927. The van der Waals surface area contributed by atoms with E-state index in [0.717, 1.165) is 22.2 Å². The van der Waals surface area contributed by atoms with Gasteiger partial charge in [-0.25, -0.2) is 4.79 Å². The molecular formula is C18H19N5O. The van der Waals surface area contributed by atoms with Gasteiger partial charge < -0.3 is 4.98 Å². The molecule has 0 spiro atoms. The van der Waals surface area contributed by atoms with E-state index >= 15 is 0 Å². The minimum atomic E-state index is -0.0927. The zero-order valence-electron chi connectivity index (χ0n) is 13.5. The Labute approximate surface area is 139 Å². The summed E-state index contributed by atoms with van der Waals surface area (Å²) in [7, 11) is 1.85. The van der Waals surface area contributed by atoms with Crippen molar-refractivity contribution in [3.05, 3.63) is 82.9 Å². The molecule has 3 aromatic rings. The Hall–Kier alpha value is -3.15. The van der Waals surface area contributed by atoms with Crippen molar-refractivity contribution < 1.29 is 0 Å². The Morgan fingerprint density at radius 3 is 2.62 bits per heavy atom. The summed E-state index contributed by atoms with van der Waals surface area (Å²) in [5.41, 5.74) is 3.87. The predicted molar refractivity (Wildman–Crippen MR) is 94.6 cm³/mol. The Morgan fingerprint density at radius 1 is 1.17 bits per heavy atom. The van der Waals surface area contributed by atoms with Crippen molar-refractivity contribution in [3.63, 3.8) is 0 Å². The van der Waals surface area contributed by atoms with Gasteiger partial charge in [0.05, 0.1) is 24.1 Å². The van der Waals surface area contributed by atoms with Crippen LogP contribution >= 0.6 is 0 Å². The van der Waals surface area contributed by atoms with Gasteiger partial charge in [0.2, 0.25) is 0 Å². The maximum atomic E-state index is 12.1. The Balaban J connectivity index is 1.76. The van der Waals surface area contributed by atoms with Crippen molar-refractivity contribution in [1.82, 2.24) is 14.6 Å². The van der Waals surface area contributed by atoms with Gasteiger partial charge in [-0.2, -0.15) is 0 Å². The van der Waals surface area contributed by atoms with Crippen LogP contribution in [0.5, 0.6) is 0 Å². The molecule has 6 nitrogen and oxygen atoms in total. The number of imidazole rings is 1. The van der Waals surface area contributed by atoms with Crippen LogP contribution in [0.4, 0.5) is 0 Å². The second kappa shape index (κ2) is 6.95. The van der Waals surface area contributed by atoms with Gasteiger partial charge in [0.15, 0.2) is 0 Å². The predicted octanol–water partition coefficient (Wildman–Crippen LogP) is 3.32. The van der Waals surface area contributed by atoms with Gasteiger partial charge in [-0.3, -0.25) is 9.58 Å². The molecule has 1 N–H and O–H groups in total. The van der Waals surface area contributed by atoms with Crippen LogP contribution in [0, 0.1) is 0 Å². The molecular weight excluding hydrogens is 302 g/mol. The van der Waals surface area contributed by atoms with Crippen LogP contribution in [0.1, 0.15) is 11.1 Å². The summed E-state index contributed by atoms with van der Waals surface area (Å²) < 4.78 is 1.74. The molecule has 0 saturated heterocycles. The second-order valence-electron chi connectivity index (χ2n) is 5.55. The first-order chi connectivity index (χ1) is 11.7. The summed E-state index contributed by atoms with van der Waals surface area (Å²) in [6.45, 7) is 4.69. The average molecular weight is 321 g/mol. The molecule has 24 heavy (non-hydrogen) atoms. The molecule has 0 aliphatic rings. The van der Waals surface area contributed by atoms with E-state index in [1.807, 2.05) is 55.6 Å². The second-order valence-corrected chi connectivity index (χ2v) is 5.55. The molecule has 0 aliphatic carbocycles. The molecule has 0 amide bonds. The van der Waals surface area contributed by atoms with E-state index < -0.39 is 0 Å². The van der Waals surface area contributed by atoms with Crippen LogP contribution in [0.3, 0.4) is 0 Å². The fraction of sp³-hybridized carbons (Fsp3) is 0.167. The lowest BCUT2D eigenvalue weighted by molar-refractivity contribution is 0.323. The smallest absolute Gasteiger partial charge is 0.306 e. The normalized spacial score (nSPS) is 11.2. The summed E-state index contributed by atoms with van der Waals surface area (Å²) >= 11 is 0. The van der Waals surface area contributed by atoms with E-state index in [4.69, 9.17) is 0 Å². The lowest BCUT2D eigenvalue weighted by Gasteiger charge is -2.11. The van der Waals surface area contributed by atoms with Gasteiger partial charge >= 0.3 is 5.69 Å². The van der Waals surface area contributed by atoms with Gasteiger partial charge in [-0.1, -0.05) is 48.2 Å². The average Bonchev–Trinajstić information content (AvgIpc) is 2.90. The number of nitrogens with one attached hydrogen (secondary N) is 1. The van der Waals surface area contributed by atoms with Gasteiger partial charge in [0.25, 0.3) is 0 Å². The molecule has 3 rings (SSSR count). The summed E-state index contributed by atoms with van der Waals surface area (Å²) in [5, 5.41) is 9.44. The molecule has 0 aliphatic heterocycles. The van der Waals surface area contributed by atoms with Crippen LogP contribution in [-0.4, -0.2) is 21.6 Å². The third-order valence-corrected chi connectivity index (χ3v) is 3.74. The quantitative estimate of drug-likeness (QED) is 0.559. The highest BCUT2D eigenvalue weighted by atomic mass is 16.1. The molecule has 1 aromatic heterocycles. The lowest BCUT2D eigenvalue weighted by Crippen LogP contribution is -2.17. The molecule has 6 heteroatoms. The third-order valence-electron chi connectivity index (χ3n) is 3.74. The van der Waals surface area contributed by atoms with Crippen molar-refractivity contribution in [2.24, 2.45) is 10.3 Å². The Morgan fingerprint density at radius 2 is 1.88 bits per heavy atom. The van der Waals surface area contributed by atoms with Crippen LogP contribution in [0.2, 0.25) is 0 Å². The molecule has 122 valence electrons. The van der Waals surface area contributed by atoms with E-state index in [9.17, 15) is 4.79 Å². The molecule has 0 radical (unpaired) electrons. The maximum absolute atomic E-state index is 12.1. The first-order valence-corrected chi connectivity index (χ1v) is 7.65. The van der Waals surface area contributed by atoms with E-state index in [2.05, 4.69) is 21.9 Å². The number of aromatic amines is 1. The first kappa shape index (κ1) is 15.7. The van der Waals surface area contributed by atoms with Crippen LogP contribution < -0.4 is 5.69 Å². The standard InChI is InChI=1S/C18H19N5O/c1-3-19-21-22(2)12-14-8-10-15(11-9-14)13-23-17-7-5-4-6-16(17)20-18(23)24/h3-11H,1,12-13H2,2H3,(H,20,24). The van der Waals surface area contributed by atoms with E-state index in [0.29, 0.717) is 13.1 Å². The Kier molecular flexibility index (Phi) is 4.56. The summed E-state index contributed by atoms with van der Waals surface area (Å²) in [4.78, 5) is 15.0. The van der Waals surface area contributed by atoms with Crippen molar-refractivity contribution in [2.45, 2.75) is 13.1 Å². The fourth-order valence-corrected chi connectivity index (χ4v) is 2.62.